The van der Waals surface area contributed by atoms with Crippen LogP contribution in [0.2, 0.25) is 15.8 Å². The summed E-state index contributed by atoms with van der Waals surface area (Å²) in [5.41, 5.74) is 0. The van der Waals surface area contributed by atoms with Crippen molar-refractivity contribution in [3.8, 4) is 0 Å². The molecular formula is C6H15ClGe. The van der Waals surface area contributed by atoms with Crippen LogP contribution >= 0.6 is 0 Å². The molecule has 2 heteroatoms. The van der Waals surface area contributed by atoms with Crippen LogP contribution in [0.4, 0.5) is 0 Å². The summed E-state index contributed by atoms with van der Waals surface area (Å²) in [7, 11) is 0. The van der Waals surface area contributed by atoms with E-state index in [-0.39, 0.29) is 12.4 Å². The van der Waals surface area contributed by atoms with Crippen LogP contribution in [0.5, 0.6) is 0 Å². The Morgan fingerprint density at radius 2 is 1.12 bits per heavy atom. The molecule has 0 heterocycles. The average molecular weight is 195 g/mol. The van der Waals surface area contributed by atoms with Gasteiger partial charge in [0.15, 0.2) is 0 Å². The smallest absolute Gasteiger partial charge is 1.00 e. The first kappa shape index (κ1) is 11.6. The molecule has 0 aromatic rings. The fourth-order valence-electron chi connectivity index (χ4n) is 0.750. The van der Waals surface area contributed by atoms with Crippen LogP contribution in [0.3, 0.4) is 0 Å². The van der Waals surface area contributed by atoms with Crippen molar-refractivity contribution in [1.82, 2.24) is 0 Å². The summed E-state index contributed by atoms with van der Waals surface area (Å²) in [6, 6.07) is 0. The molecule has 0 bridgehead atoms. The largest absolute Gasteiger partial charge is 1.00 e. The van der Waals surface area contributed by atoms with Gasteiger partial charge in [-0.3, -0.25) is 0 Å². The Kier molecular flexibility index (Phi) is 11.4. The summed E-state index contributed by atoms with van der Waals surface area (Å²) >= 11 is -0.403. The van der Waals surface area contributed by atoms with Gasteiger partial charge in [-0.15, -0.1) is 0 Å². The summed E-state index contributed by atoms with van der Waals surface area (Å²) < 4.78 is 0. The Bertz CT molecular complexity index is 30.0. The van der Waals surface area contributed by atoms with Gasteiger partial charge in [0, 0.05) is 0 Å². The van der Waals surface area contributed by atoms with Crippen molar-refractivity contribution in [2.45, 2.75) is 36.5 Å². The van der Waals surface area contributed by atoms with Gasteiger partial charge in [0.2, 0.25) is 0 Å². The molecule has 0 nitrogen and oxygen atoms in total. The Morgan fingerprint density at radius 3 is 1.12 bits per heavy atom. The quantitative estimate of drug-likeness (QED) is 0.535. The Labute approximate surface area is 63.6 Å². The van der Waals surface area contributed by atoms with E-state index in [9.17, 15) is 0 Å². The predicted molar refractivity (Wildman–Crippen MR) is 37.2 cm³/mol. The molecule has 0 saturated heterocycles. The van der Waals surface area contributed by atoms with Crippen molar-refractivity contribution >= 4 is 14.3 Å². The first-order valence-corrected chi connectivity index (χ1v) is 7.63. The first-order valence-electron chi connectivity index (χ1n) is 3.18. The van der Waals surface area contributed by atoms with Crippen molar-refractivity contribution in [3.05, 3.63) is 0 Å². The molecule has 0 radical (unpaired) electrons. The molecule has 0 aliphatic heterocycles. The zero-order chi connectivity index (χ0) is 5.70. The second-order valence-corrected chi connectivity index (χ2v) is 9.41. The molecule has 0 spiro atoms. The maximum absolute atomic E-state index is 2.34. The Hall–Kier alpha value is 0.833. The molecule has 50 valence electrons. The third-order valence-corrected chi connectivity index (χ3v) is 7.79. The monoisotopic (exact) mass is 196 g/mol. The summed E-state index contributed by atoms with van der Waals surface area (Å²) in [4.78, 5) is 0. The minimum atomic E-state index is -0.403. The normalized spacial score (nSPS) is 7.88. The summed E-state index contributed by atoms with van der Waals surface area (Å²) in [6.07, 6.45) is 0. The average Bonchev–Trinajstić information content (AvgIpc) is 1.72. The molecule has 0 atom stereocenters. The van der Waals surface area contributed by atoms with E-state index in [0.717, 1.165) is 0 Å². The van der Waals surface area contributed by atoms with Gasteiger partial charge < -0.3 is 12.4 Å². The number of hydrogen-bond donors (Lipinski definition) is 0. The fourth-order valence-corrected chi connectivity index (χ4v) is 3.90. The molecule has 0 amide bonds. The third-order valence-electron chi connectivity index (χ3n) is 1.50. The molecule has 0 aromatic heterocycles. The van der Waals surface area contributed by atoms with Crippen molar-refractivity contribution in [1.29, 1.82) is 0 Å². The molecule has 0 fully saturated rings. The maximum atomic E-state index is 2.34. The molecule has 0 N–H and O–H groups in total. The number of rotatable bonds is 3. The van der Waals surface area contributed by atoms with Crippen LogP contribution < -0.4 is 12.4 Å². The summed E-state index contributed by atoms with van der Waals surface area (Å²) in [5, 5.41) is 4.56. The number of hydrogen-bond acceptors (Lipinski definition) is 0. The van der Waals surface area contributed by atoms with E-state index >= 15 is 0 Å². The van der Waals surface area contributed by atoms with E-state index in [4.69, 9.17) is 0 Å². The zero-order valence-electron chi connectivity index (χ0n) is 6.00. The SMILES string of the molecule is C[CH2][Ge+]([CH2]C)[CH2]C.[Cl-]. The van der Waals surface area contributed by atoms with Crippen molar-refractivity contribution in [2.24, 2.45) is 0 Å². The van der Waals surface area contributed by atoms with Crippen LogP contribution in [-0.4, -0.2) is 14.3 Å². The van der Waals surface area contributed by atoms with Crippen molar-refractivity contribution in [2.75, 3.05) is 0 Å². The van der Waals surface area contributed by atoms with Crippen molar-refractivity contribution in [3.63, 3.8) is 0 Å². The molecule has 0 unspecified atom stereocenters. The van der Waals surface area contributed by atoms with E-state index in [1.54, 1.807) is 0 Å². The van der Waals surface area contributed by atoms with Gasteiger partial charge in [-0.2, -0.15) is 0 Å². The van der Waals surface area contributed by atoms with E-state index in [2.05, 4.69) is 20.8 Å². The molecule has 0 aromatic carbocycles. The van der Waals surface area contributed by atoms with Gasteiger partial charge in [-0.1, -0.05) is 0 Å². The zero-order valence-corrected chi connectivity index (χ0v) is 8.85. The molecule has 0 aliphatic rings. The predicted octanol–water partition coefficient (Wildman–Crippen LogP) is -0.455. The third kappa shape index (κ3) is 4.98. The number of halogens is 1. The minimum absolute atomic E-state index is 0. The van der Waals surface area contributed by atoms with Crippen LogP contribution in [-0.2, 0) is 0 Å². The molecular weight excluding hydrogens is 180 g/mol. The van der Waals surface area contributed by atoms with Crippen LogP contribution in [0.1, 0.15) is 20.8 Å². The molecule has 8 heavy (non-hydrogen) atoms. The Morgan fingerprint density at radius 1 is 0.875 bits per heavy atom. The van der Waals surface area contributed by atoms with Gasteiger partial charge in [-0.05, 0) is 0 Å². The van der Waals surface area contributed by atoms with Gasteiger partial charge in [0.05, 0.1) is 0 Å². The van der Waals surface area contributed by atoms with Crippen LogP contribution in [0.25, 0.3) is 0 Å². The van der Waals surface area contributed by atoms with Crippen LogP contribution in [0.15, 0.2) is 0 Å². The Balaban J connectivity index is 0. The van der Waals surface area contributed by atoms with E-state index in [1.807, 2.05) is 0 Å². The van der Waals surface area contributed by atoms with Gasteiger partial charge >= 0.3 is 50.9 Å². The molecule has 0 rings (SSSR count). The second-order valence-electron chi connectivity index (χ2n) is 1.81. The molecule has 0 aliphatic carbocycles. The minimum Gasteiger partial charge on any atom is -1.00 e. The topological polar surface area (TPSA) is 0 Å². The fraction of sp³-hybridized carbons (Fsp3) is 1.00. The van der Waals surface area contributed by atoms with Gasteiger partial charge in [0.1, 0.15) is 0 Å². The summed E-state index contributed by atoms with van der Waals surface area (Å²) in [6.45, 7) is 7.01. The first-order chi connectivity index (χ1) is 3.35. The molecule has 0 saturated carbocycles. The standard InChI is InChI=1S/C6H15Ge.ClH/c1-4-7(5-2)6-3;/h4-6H2,1-3H3;1H/q+1;/p-1. The second kappa shape index (κ2) is 7.83. The van der Waals surface area contributed by atoms with Gasteiger partial charge in [-0.25, -0.2) is 0 Å². The maximum Gasteiger partial charge on any atom is -1.00 e. The van der Waals surface area contributed by atoms with Gasteiger partial charge in [0.25, 0.3) is 0 Å². The summed E-state index contributed by atoms with van der Waals surface area (Å²) in [5.74, 6) is 0. The van der Waals surface area contributed by atoms with Crippen LogP contribution in [0, 0.1) is 0 Å². The van der Waals surface area contributed by atoms with E-state index < -0.39 is 14.3 Å². The van der Waals surface area contributed by atoms with Crippen molar-refractivity contribution < 1.29 is 12.4 Å². The van der Waals surface area contributed by atoms with E-state index in [0.29, 0.717) is 0 Å². The van der Waals surface area contributed by atoms with E-state index in [1.165, 1.54) is 15.8 Å².